The lowest BCUT2D eigenvalue weighted by Gasteiger charge is -2.19. The van der Waals surface area contributed by atoms with Gasteiger partial charge in [0.1, 0.15) is 0 Å². The van der Waals surface area contributed by atoms with Crippen LogP contribution in [-0.4, -0.2) is 53.7 Å². The van der Waals surface area contributed by atoms with Crippen LogP contribution in [-0.2, 0) is 11.2 Å². The number of hydrogen-bond acceptors (Lipinski definition) is 4. The van der Waals surface area contributed by atoms with E-state index in [1.54, 1.807) is 30.5 Å². The van der Waals surface area contributed by atoms with Crippen LogP contribution >= 0.6 is 0 Å². The second-order valence-corrected chi connectivity index (χ2v) is 4.69. The molecule has 1 aromatic rings. The van der Waals surface area contributed by atoms with Crippen LogP contribution < -0.4 is 5.32 Å². The molecule has 2 amide bonds. The number of amides is 2. The van der Waals surface area contributed by atoms with Crippen LogP contribution in [0.3, 0.4) is 0 Å². The highest BCUT2D eigenvalue weighted by molar-refractivity contribution is 5.73. The highest BCUT2D eigenvalue weighted by Crippen LogP contribution is 2.10. The van der Waals surface area contributed by atoms with Gasteiger partial charge in [-0.3, -0.25) is 9.97 Å². The molecule has 0 radical (unpaired) electrons. The van der Waals surface area contributed by atoms with Gasteiger partial charge in [-0.2, -0.15) is 0 Å². The Kier molecular flexibility index (Phi) is 5.09. The van der Waals surface area contributed by atoms with Gasteiger partial charge < -0.3 is 15.0 Å². The number of urea groups is 1. The molecule has 1 aliphatic rings. The van der Waals surface area contributed by atoms with Crippen LogP contribution in [0.1, 0.15) is 18.5 Å². The monoisotopic (exact) mass is 264 g/mol. The van der Waals surface area contributed by atoms with Crippen LogP contribution in [0.25, 0.3) is 0 Å². The first-order valence-corrected chi connectivity index (χ1v) is 6.61. The molecule has 0 bridgehead atoms. The Balaban J connectivity index is 1.67. The molecule has 0 spiro atoms. The second-order valence-electron chi connectivity index (χ2n) is 4.69. The van der Waals surface area contributed by atoms with Crippen molar-refractivity contribution in [3.8, 4) is 0 Å². The van der Waals surface area contributed by atoms with E-state index in [1.807, 2.05) is 0 Å². The van der Waals surface area contributed by atoms with Crippen molar-refractivity contribution in [1.29, 1.82) is 0 Å². The van der Waals surface area contributed by atoms with Gasteiger partial charge in [0.25, 0.3) is 0 Å². The second kappa shape index (κ2) is 7.04. The minimum absolute atomic E-state index is 0.0700. The van der Waals surface area contributed by atoms with Gasteiger partial charge in [0, 0.05) is 51.8 Å². The number of aromatic nitrogens is 2. The first-order valence-electron chi connectivity index (χ1n) is 6.61. The summed E-state index contributed by atoms with van der Waals surface area (Å²) in [4.78, 5) is 21.7. The zero-order valence-electron chi connectivity index (χ0n) is 11.2. The van der Waals surface area contributed by atoms with Gasteiger partial charge in [0.15, 0.2) is 0 Å². The van der Waals surface area contributed by atoms with Crippen molar-refractivity contribution < 1.29 is 9.53 Å². The first-order chi connectivity index (χ1) is 9.25. The highest BCUT2D eigenvalue weighted by Gasteiger charge is 2.17. The molecule has 1 atom stereocenters. The maximum absolute atomic E-state index is 11.8. The van der Waals surface area contributed by atoms with E-state index in [4.69, 9.17) is 4.74 Å². The zero-order valence-corrected chi connectivity index (χ0v) is 11.2. The molecule has 0 saturated carbocycles. The third-order valence-electron chi connectivity index (χ3n) is 3.17. The molecule has 6 nitrogen and oxygen atoms in total. The molecular formula is C13H20N4O2. The van der Waals surface area contributed by atoms with Gasteiger partial charge in [0.05, 0.1) is 11.8 Å². The van der Waals surface area contributed by atoms with E-state index in [0.717, 1.165) is 25.1 Å². The van der Waals surface area contributed by atoms with Crippen molar-refractivity contribution in [2.24, 2.45) is 0 Å². The Morgan fingerprint density at radius 2 is 2.47 bits per heavy atom. The van der Waals surface area contributed by atoms with E-state index in [1.165, 1.54) is 0 Å². The minimum atomic E-state index is -0.0700. The molecule has 0 aliphatic carbocycles. The van der Waals surface area contributed by atoms with Gasteiger partial charge in [0.2, 0.25) is 0 Å². The summed E-state index contributed by atoms with van der Waals surface area (Å²) >= 11 is 0. The summed E-state index contributed by atoms with van der Waals surface area (Å²) in [5.74, 6) is 0. The number of rotatable bonds is 5. The summed E-state index contributed by atoms with van der Waals surface area (Å²) in [6.07, 6.45) is 8.02. The molecule has 19 heavy (non-hydrogen) atoms. The zero-order chi connectivity index (χ0) is 13.5. The van der Waals surface area contributed by atoms with Crippen LogP contribution in [0.15, 0.2) is 18.6 Å². The van der Waals surface area contributed by atoms with Crippen molar-refractivity contribution >= 4 is 6.03 Å². The van der Waals surface area contributed by atoms with E-state index < -0.39 is 0 Å². The molecule has 2 heterocycles. The predicted molar refractivity (Wildman–Crippen MR) is 70.7 cm³/mol. The minimum Gasteiger partial charge on any atom is -0.376 e. The number of likely N-dealkylation sites (N-methyl/N-ethyl adjacent to an activating group) is 1. The molecule has 104 valence electrons. The highest BCUT2D eigenvalue weighted by atomic mass is 16.5. The summed E-state index contributed by atoms with van der Waals surface area (Å²) in [7, 11) is 1.78. The Morgan fingerprint density at radius 1 is 1.58 bits per heavy atom. The predicted octanol–water partition coefficient (Wildman–Crippen LogP) is 0.839. The van der Waals surface area contributed by atoms with Crippen molar-refractivity contribution in [3.63, 3.8) is 0 Å². The van der Waals surface area contributed by atoms with E-state index in [9.17, 15) is 4.79 Å². The lowest BCUT2D eigenvalue weighted by atomic mass is 10.2. The van der Waals surface area contributed by atoms with Crippen LogP contribution in [0.4, 0.5) is 4.79 Å². The molecule has 1 fully saturated rings. The van der Waals surface area contributed by atoms with Gasteiger partial charge in [-0.1, -0.05) is 0 Å². The topological polar surface area (TPSA) is 67.4 Å². The number of carbonyl (C=O) groups is 1. The van der Waals surface area contributed by atoms with Crippen LogP contribution in [0.5, 0.6) is 0 Å². The van der Waals surface area contributed by atoms with Crippen molar-refractivity contribution in [2.75, 3.05) is 26.7 Å². The molecule has 1 saturated heterocycles. The number of hydrogen-bond donors (Lipinski definition) is 1. The Labute approximate surface area is 113 Å². The number of carbonyl (C=O) groups excluding carboxylic acids is 1. The number of nitrogens with zero attached hydrogens (tertiary/aromatic N) is 3. The SMILES string of the molecule is CN(CCc1cnccn1)C(=O)NC[C@H]1CCCO1. The van der Waals surface area contributed by atoms with E-state index in [0.29, 0.717) is 19.5 Å². The number of nitrogens with one attached hydrogen (secondary N) is 1. The maximum atomic E-state index is 11.8. The summed E-state index contributed by atoms with van der Waals surface area (Å²) in [6, 6.07) is -0.0700. The molecule has 0 aromatic carbocycles. The summed E-state index contributed by atoms with van der Waals surface area (Å²) in [5.41, 5.74) is 0.890. The largest absolute Gasteiger partial charge is 0.376 e. The Bertz CT molecular complexity index is 393. The first kappa shape index (κ1) is 13.7. The lowest BCUT2D eigenvalue weighted by Crippen LogP contribution is -2.41. The van der Waals surface area contributed by atoms with Crippen molar-refractivity contribution in [1.82, 2.24) is 20.2 Å². The van der Waals surface area contributed by atoms with Crippen molar-refractivity contribution in [2.45, 2.75) is 25.4 Å². The smallest absolute Gasteiger partial charge is 0.317 e. The van der Waals surface area contributed by atoms with Crippen LogP contribution in [0, 0.1) is 0 Å². The average Bonchev–Trinajstić information content (AvgIpc) is 2.96. The van der Waals surface area contributed by atoms with Gasteiger partial charge in [-0.25, -0.2) is 4.79 Å². The van der Waals surface area contributed by atoms with E-state index >= 15 is 0 Å². The Hall–Kier alpha value is -1.69. The molecule has 6 heteroatoms. The van der Waals surface area contributed by atoms with Crippen molar-refractivity contribution in [3.05, 3.63) is 24.3 Å². The lowest BCUT2D eigenvalue weighted by molar-refractivity contribution is 0.109. The standard InChI is InChI=1S/C13H20N4O2/c1-17(7-4-11-9-14-5-6-15-11)13(18)16-10-12-3-2-8-19-12/h5-6,9,12H,2-4,7-8,10H2,1H3,(H,16,18)/t12-/m1/s1. The van der Waals surface area contributed by atoms with Gasteiger partial charge in [-0.05, 0) is 12.8 Å². The fraction of sp³-hybridized carbons (Fsp3) is 0.615. The fourth-order valence-electron chi connectivity index (χ4n) is 1.98. The normalized spacial score (nSPS) is 18.3. The van der Waals surface area contributed by atoms with E-state index in [2.05, 4.69) is 15.3 Å². The van der Waals surface area contributed by atoms with E-state index in [-0.39, 0.29) is 12.1 Å². The summed E-state index contributed by atoms with van der Waals surface area (Å²) in [6.45, 7) is 2.02. The molecule has 1 aromatic heterocycles. The van der Waals surface area contributed by atoms with Gasteiger partial charge >= 0.3 is 6.03 Å². The molecule has 0 unspecified atom stereocenters. The third kappa shape index (κ3) is 4.48. The Morgan fingerprint density at radius 3 is 3.16 bits per heavy atom. The van der Waals surface area contributed by atoms with Gasteiger partial charge in [-0.15, -0.1) is 0 Å². The quantitative estimate of drug-likeness (QED) is 0.855. The average molecular weight is 264 g/mol. The molecule has 1 N–H and O–H groups in total. The van der Waals surface area contributed by atoms with Crippen LogP contribution in [0.2, 0.25) is 0 Å². The molecule has 1 aliphatic heterocycles. The maximum Gasteiger partial charge on any atom is 0.317 e. The number of ether oxygens (including phenoxy) is 1. The third-order valence-corrected chi connectivity index (χ3v) is 3.17. The molecule has 2 rings (SSSR count). The summed E-state index contributed by atoms with van der Waals surface area (Å²) < 4.78 is 5.46. The summed E-state index contributed by atoms with van der Waals surface area (Å²) in [5, 5.41) is 2.89. The molecular weight excluding hydrogens is 244 g/mol. The fourth-order valence-corrected chi connectivity index (χ4v) is 1.98.